The minimum Gasteiger partial charge on any atom is -0.491 e. The number of fused-ring (bicyclic) bond motifs is 1. The van der Waals surface area contributed by atoms with Gasteiger partial charge in [-0.2, -0.15) is 0 Å². The first-order valence-corrected chi connectivity index (χ1v) is 9.48. The van der Waals surface area contributed by atoms with Crippen LogP contribution < -0.4 is 14.2 Å². The zero-order valence-electron chi connectivity index (χ0n) is 13.8. The highest BCUT2D eigenvalue weighted by molar-refractivity contribution is 7.89. The maximum atomic E-state index is 12.2. The van der Waals surface area contributed by atoms with Crippen LogP contribution in [0, 0.1) is 0 Å². The van der Waals surface area contributed by atoms with Crippen molar-refractivity contribution in [2.45, 2.75) is 45.3 Å². The molecule has 1 unspecified atom stereocenters. The van der Waals surface area contributed by atoms with Gasteiger partial charge in [0, 0.05) is 12.0 Å². The Labute approximate surface area is 137 Å². The Balaban J connectivity index is 2.32. The monoisotopic (exact) mass is 343 g/mol. The minimum atomic E-state index is -3.34. The zero-order valence-corrected chi connectivity index (χ0v) is 14.6. The average Bonchev–Trinajstić information content (AvgIpc) is 2.43. The zero-order chi connectivity index (χ0) is 17.1. The van der Waals surface area contributed by atoms with Gasteiger partial charge in [0.1, 0.15) is 23.7 Å². The summed E-state index contributed by atoms with van der Waals surface area (Å²) in [7, 11) is -3.34. The Bertz CT molecular complexity index is 642. The van der Waals surface area contributed by atoms with Crippen LogP contribution in [0.2, 0.25) is 0 Å². The Kier molecular flexibility index (Phi) is 5.54. The largest absolute Gasteiger partial charge is 0.491 e. The number of hydrogen-bond donors (Lipinski definition) is 2. The molecule has 2 N–H and O–H groups in total. The molecule has 1 aliphatic heterocycles. The Hall–Kier alpha value is -1.31. The van der Waals surface area contributed by atoms with Crippen molar-refractivity contribution in [2.75, 3.05) is 19.0 Å². The molecule has 1 atom stereocenters. The fraction of sp³-hybridized carbons (Fsp3) is 0.625. The maximum Gasteiger partial charge on any atom is 0.212 e. The van der Waals surface area contributed by atoms with E-state index in [0.29, 0.717) is 24.3 Å². The molecule has 6 nitrogen and oxygen atoms in total. The van der Waals surface area contributed by atoms with Gasteiger partial charge in [0.25, 0.3) is 0 Å². The molecule has 130 valence electrons. The highest BCUT2D eigenvalue weighted by Gasteiger charge is 2.35. The lowest BCUT2D eigenvalue weighted by atomic mass is 9.90. The summed E-state index contributed by atoms with van der Waals surface area (Å²) in [5, 5.41) is 8.86. The van der Waals surface area contributed by atoms with Crippen molar-refractivity contribution in [1.29, 1.82) is 0 Å². The summed E-state index contributed by atoms with van der Waals surface area (Å²) >= 11 is 0. The SMILES string of the molecule is CCCS(=O)(=O)NC1CC(C)(C)Oc2ccc(OCCO)cc21. The molecule has 1 aromatic rings. The first kappa shape index (κ1) is 18.0. The van der Waals surface area contributed by atoms with Crippen molar-refractivity contribution >= 4 is 10.0 Å². The predicted octanol–water partition coefficient (Wildman–Crippen LogP) is 1.99. The normalized spacial score (nSPS) is 19.7. The van der Waals surface area contributed by atoms with E-state index in [0.717, 1.165) is 5.56 Å². The van der Waals surface area contributed by atoms with E-state index in [1.165, 1.54) is 0 Å². The Morgan fingerprint density at radius 2 is 2.17 bits per heavy atom. The number of aliphatic hydroxyl groups is 1. The molecule has 0 radical (unpaired) electrons. The van der Waals surface area contributed by atoms with E-state index in [1.807, 2.05) is 20.8 Å². The van der Waals surface area contributed by atoms with Crippen molar-refractivity contribution < 1.29 is 23.0 Å². The van der Waals surface area contributed by atoms with Crippen molar-refractivity contribution in [3.8, 4) is 11.5 Å². The number of sulfonamides is 1. The smallest absolute Gasteiger partial charge is 0.212 e. The first-order valence-electron chi connectivity index (χ1n) is 7.83. The van der Waals surface area contributed by atoms with Crippen molar-refractivity contribution in [3.63, 3.8) is 0 Å². The second-order valence-corrected chi connectivity index (χ2v) is 8.20. The van der Waals surface area contributed by atoms with Gasteiger partial charge in [0.05, 0.1) is 18.4 Å². The quantitative estimate of drug-likeness (QED) is 0.791. The molecule has 0 amide bonds. The molecular weight excluding hydrogens is 318 g/mol. The highest BCUT2D eigenvalue weighted by Crippen LogP contribution is 2.41. The van der Waals surface area contributed by atoms with Gasteiger partial charge >= 0.3 is 0 Å². The summed E-state index contributed by atoms with van der Waals surface area (Å²) in [6.07, 6.45) is 1.10. The van der Waals surface area contributed by atoms with E-state index in [1.54, 1.807) is 18.2 Å². The number of ether oxygens (including phenoxy) is 2. The van der Waals surface area contributed by atoms with E-state index in [-0.39, 0.29) is 25.0 Å². The van der Waals surface area contributed by atoms with Crippen LogP contribution in [-0.4, -0.2) is 38.1 Å². The van der Waals surface area contributed by atoms with Gasteiger partial charge in [-0.3, -0.25) is 0 Å². The molecule has 0 spiro atoms. The first-order chi connectivity index (χ1) is 10.8. The number of benzene rings is 1. The molecule has 0 aromatic heterocycles. The van der Waals surface area contributed by atoms with Crippen LogP contribution in [0.25, 0.3) is 0 Å². The Morgan fingerprint density at radius 1 is 1.43 bits per heavy atom. The molecule has 2 rings (SSSR count). The summed E-state index contributed by atoms with van der Waals surface area (Å²) in [6.45, 7) is 5.83. The van der Waals surface area contributed by atoms with Crippen LogP contribution in [0.5, 0.6) is 11.5 Å². The number of rotatable bonds is 7. The topological polar surface area (TPSA) is 84.9 Å². The van der Waals surface area contributed by atoms with Gasteiger partial charge in [-0.1, -0.05) is 6.92 Å². The summed E-state index contributed by atoms with van der Waals surface area (Å²) in [4.78, 5) is 0. The van der Waals surface area contributed by atoms with E-state index in [9.17, 15) is 8.42 Å². The third-order valence-electron chi connectivity index (χ3n) is 3.59. The van der Waals surface area contributed by atoms with E-state index < -0.39 is 15.6 Å². The lowest BCUT2D eigenvalue weighted by Crippen LogP contribution is -2.41. The van der Waals surface area contributed by atoms with Crippen LogP contribution >= 0.6 is 0 Å². The van der Waals surface area contributed by atoms with Crippen LogP contribution in [0.3, 0.4) is 0 Å². The van der Waals surface area contributed by atoms with Gasteiger partial charge in [-0.15, -0.1) is 0 Å². The second kappa shape index (κ2) is 7.07. The van der Waals surface area contributed by atoms with E-state index in [4.69, 9.17) is 14.6 Å². The van der Waals surface area contributed by atoms with Gasteiger partial charge < -0.3 is 14.6 Å². The fourth-order valence-electron chi connectivity index (χ4n) is 2.74. The van der Waals surface area contributed by atoms with Crippen LogP contribution in [0.4, 0.5) is 0 Å². The van der Waals surface area contributed by atoms with Gasteiger partial charge in [0.2, 0.25) is 10.0 Å². The van der Waals surface area contributed by atoms with Crippen LogP contribution in [0.1, 0.15) is 45.2 Å². The summed E-state index contributed by atoms with van der Waals surface area (Å²) in [5.41, 5.74) is 0.305. The predicted molar refractivity (Wildman–Crippen MR) is 88.3 cm³/mol. The van der Waals surface area contributed by atoms with Crippen molar-refractivity contribution in [1.82, 2.24) is 4.72 Å². The summed E-state index contributed by atoms with van der Waals surface area (Å²) in [6, 6.07) is 4.96. The van der Waals surface area contributed by atoms with Crippen molar-refractivity contribution in [2.24, 2.45) is 0 Å². The number of nitrogens with one attached hydrogen (secondary N) is 1. The van der Waals surface area contributed by atoms with Gasteiger partial charge in [0.15, 0.2) is 0 Å². The van der Waals surface area contributed by atoms with E-state index in [2.05, 4.69) is 4.72 Å². The lowest BCUT2D eigenvalue weighted by Gasteiger charge is -2.38. The molecule has 1 aliphatic rings. The molecule has 23 heavy (non-hydrogen) atoms. The average molecular weight is 343 g/mol. The lowest BCUT2D eigenvalue weighted by molar-refractivity contribution is 0.0699. The molecule has 0 saturated carbocycles. The molecule has 1 heterocycles. The molecule has 0 saturated heterocycles. The fourth-order valence-corrected chi connectivity index (χ4v) is 4.03. The standard InChI is InChI=1S/C16H25NO5S/c1-4-9-23(19,20)17-14-11-16(2,3)22-15-6-5-12(10-13(14)15)21-8-7-18/h5-6,10,14,17-18H,4,7-9,11H2,1-3H3. The molecule has 7 heteroatoms. The number of hydrogen-bond acceptors (Lipinski definition) is 5. The number of aliphatic hydroxyl groups excluding tert-OH is 1. The highest BCUT2D eigenvalue weighted by atomic mass is 32.2. The minimum absolute atomic E-state index is 0.0762. The molecule has 0 aliphatic carbocycles. The maximum absolute atomic E-state index is 12.2. The molecule has 0 bridgehead atoms. The van der Waals surface area contributed by atoms with Crippen LogP contribution in [0.15, 0.2) is 18.2 Å². The van der Waals surface area contributed by atoms with Crippen LogP contribution in [-0.2, 0) is 10.0 Å². The molecule has 0 fully saturated rings. The third-order valence-corrected chi connectivity index (χ3v) is 5.18. The third kappa shape index (κ3) is 4.83. The van der Waals surface area contributed by atoms with Gasteiger partial charge in [-0.05, 0) is 38.5 Å². The summed E-state index contributed by atoms with van der Waals surface area (Å²) < 4.78 is 38.5. The summed E-state index contributed by atoms with van der Waals surface area (Å²) in [5.74, 6) is 1.34. The molecular formula is C16H25NO5S. The Morgan fingerprint density at radius 3 is 2.83 bits per heavy atom. The van der Waals surface area contributed by atoms with E-state index >= 15 is 0 Å². The van der Waals surface area contributed by atoms with Gasteiger partial charge in [-0.25, -0.2) is 13.1 Å². The second-order valence-electron chi connectivity index (χ2n) is 6.33. The van der Waals surface area contributed by atoms with Crippen molar-refractivity contribution in [3.05, 3.63) is 23.8 Å². The molecule has 1 aromatic carbocycles.